The van der Waals surface area contributed by atoms with E-state index in [1.165, 1.54) is 18.2 Å². The molecule has 5 N–H and O–H groups in total. The van der Waals surface area contributed by atoms with Gasteiger partial charge in [-0.1, -0.05) is 12.1 Å². The van der Waals surface area contributed by atoms with Crippen LogP contribution in [0.2, 0.25) is 0 Å². The van der Waals surface area contributed by atoms with E-state index in [0.717, 1.165) is 12.1 Å². The minimum absolute atomic E-state index is 0.0964. The topological polar surface area (TPSA) is 131 Å². The van der Waals surface area contributed by atoms with Gasteiger partial charge in [0.15, 0.2) is 0 Å². The number of amides is 3. The van der Waals surface area contributed by atoms with Crippen molar-refractivity contribution < 1.29 is 37.1 Å². The van der Waals surface area contributed by atoms with E-state index >= 15 is 0 Å². The highest BCUT2D eigenvalue weighted by Crippen LogP contribution is 2.40. The summed E-state index contributed by atoms with van der Waals surface area (Å²) in [5.41, 5.74) is -1.81. The molecule has 222 valence electrons. The molecule has 0 unspecified atom stereocenters. The molecule has 1 aliphatic carbocycles. The van der Waals surface area contributed by atoms with Crippen LogP contribution in [-0.2, 0) is 16.6 Å². The third-order valence-electron chi connectivity index (χ3n) is 7.19. The molecule has 0 saturated heterocycles. The van der Waals surface area contributed by atoms with Crippen LogP contribution in [0, 0.1) is 17.1 Å². The number of alkyl halides is 3. The maximum Gasteiger partial charge on any atom is 0.416 e. The van der Waals surface area contributed by atoms with Gasteiger partial charge in [0.05, 0.1) is 23.3 Å². The van der Waals surface area contributed by atoms with Crippen molar-refractivity contribution in [2.45, 2.75) is 63.8 Å². The van der Waals surface area contributed by atoms with Crippen LogP contribution < -0.4 is 16.0 Å². The minimum Gasteiger partial charge on any atom is -0.385 e. The van der Waals surface area contributed by atoms with Crippen LogP contribution in [0.15, 0.2) is 42.5 Å². The first kappa shape index (κ1) is 31.7. The van der Waals surface area contributed by atoms with Crippen LogP contribution in [0.1, 0.15) is 77.8 Å². The Morgan fingerprint density at radius 3 is 2.37 bits per heavy atom. The van der Waals surface area contributed by atoms with Crippen molar-refractivity contribution in [3.05, 3.63) is 70.5 Å². The lowest BCUT2D eigenvalue weighted by Gasteiger charge is -2.37. The number of rotatable bonds is 10. The van der Waals surface area contributed by atoms with Crippen molar-refractivity contribution >= 4 is 23.4 Å². The molecular weight excluding hydrogens is 544 g/mol. The smallest absolute Gasteiger partial charge is 0.385 e. The highest BCUT2D eigenvalue weighted by molar-refractivity contribution is 5.97. The molecule has 0 radical (unpaired) electrons. The van der Waals surface area contributed by atoms with E-state index in [9.17, 15) is 37.1 Å². The summed E-state index contributed by atoms with van der Waals surface area (Å²) < 4.78 is 53.1. The van der Waals surface area contributed by atoms with Gasteiger partial charge < -0.3 is 26.5 Å². The molecule has 0 heterocycles. The zero-order valence-electron chi connectivity index (χ0n) is 22.8. The van der Waals surface area contributed by atoms with Gasteiger partial charge in [-0.15, -0.1) is 0 Å². The lowest BCUT2D eigenvalue weighted by molar-refractivity contribution is -0.137. The molecule has 0 aromatic heterocycles. The zero-order valence-corrected chi connectivity index (χ0v) is 22.8. The summed E-state index contributed by atoms with van der Waals surface area (Å²) in [6.07, 6.45) is -2.83. The Morgan fingerprint density at radius 1 is 1.07 bits per heavy atom. The summed E-state index contributed by atoms with van der Waals surface area (Å²) in [6, 6.07) is 7.52. The van der Waals surface area contributed by atoms with Crippen molar-refractivity contribution in [1.29, 1.82) is 5.41 Å². The second-order valence-corrected chi connectivity index (χ2v) is 10.3. The SMILES string of the molecule is CCNC(=O)c1ccc(C2(O)CCC(C(=N)C[C@@H](C)NC(=O)CNC(=O)c3cccc(C(F)(F)F)c3)CC2)cc1F. The lowest BCUT2D eigenvalue weighted by Crippen LogP contribution is -2.42. The molecule has 8 nitrogen and oxygen atoms in total. The molecule has 12 heteroatoms. The fourth-order valence-electron chi connectivity index (χ4n) is 4.95. The molecule has 1 aliphatic rings. The lowest BCUT2D eigenvalue weighted by atomic mass is 9.73. The van der Waals surface area contributed by atoms with Gasteiger partial charge >= 0.3 is 6.18 Å². The molecule has 1 fully saturated rings. The Kier molecular flexibility index (Phi) is 10.2. The first-order valence-electron chi connectivity index (χ1n) is 13.4. The highest BCUT2D eigenvalue weighted by atomic mass is 19.4. The van der Waals surface area contributed by atoms with Gasteiger partial charge in [-0.25, -0.2) is 4.39 Å². The largest absolute Gasteiger partial charge is 0.416 e. The Hall–Kier alpha value is -3.80. The average Bonchev–Trinajstić information content (AvgIpc) is 2.91. The van der Waals surface area contributed by atoms with Gasteiger partial charge in [-0.2, -0.15) is 13.2 Å². The number of benzene rings is 2. The third-order valence-corrected chi connectivity index (χ3v) is 7.19. The number of halogens is 4. The van der Waals surface area contributed by atoms with E-state index in [1.54, 1.807) is 19.9 Å². The number of hydrogen-bond donors (Lipinski definition) is 5. The molecule has 1 atom stereocenters. The van der Waals surface area contributed by atoms with Crippen LogP contribution in [0.25, 0.3) is 0 Å². The maximum absolute atomic E-state index is 14.5. The van der Waals surface area contributed by atoms with Crippen molar-refractivity contribution in [2.24, 2.45) is 5.92 Å². The number of aliphatic hydroxyl groups is 1. The Bertz CT molecular complexity index is 1290. The molecule has 3 rings (SSSR count). The van der Waals surface area contributed by atoms with E-state index in [4.69, 9.17) is 5.41 Å². The summed E-state index contributed by atoms with van der Waals surface area (Å²) in [6.45, 7) is 3.34. The average molecular weight is 579 g/mol. The third kappa shape index (κ3) is 8.35. The van der Waals surface area contributed by atoms with E-state index in [0.29, 0.717) is 49.6 Å². The van der Waals surface area contributed by atoms with Crippen LogP contribution in [0.4, 0.5) is 17.6 Å². The summed E-state index contributed by atoms with van der Waals surface area (Å²) in [4.78, 5) is 36.4. The van der Waals surface area contributed by atoms with Crippen LogP contribution >= 0.6 is 0 Å². The first-order valence-corrected chi connectivity index (χ1v) is 13.4. The van der Waals surface area contributed by atoms with Crippen molar-refractivity contribution in [3.8, 4) is 0 Å². The van der Waals surface area contributed by atoms with Gasteiger partial charge in [-0.3, -0.25) is 14.4 Å². The second-order valence-electron chi connectivity index (χ2n) is 10.3. The summed E-state index contributed by atoms with van der Waals surface area (Å²) in [5.74, 6) is -2.76. The van der Waals surface area contributed by atoms with Crippen molar-refractivity contribution in [2.75, 3.05) is 13.1 Å². The Labute approximate surface area is 235 Å². The number of carbonyl (C=O) groups excluding carboxylic acids is 3. The zero-order chi connectivity index (χ0) is 30.4. The van der Waals surface area contributed by atoms with Crippen molar-refractivity contribution in [1.82, 2.24) is 16.0 Å². The minimum atomic E-state index is -4.60. The number of nitrogens with one attached hydrogen (secondary N) is 4. The highest BCUT2D eigenvalue weighted by Gasteiger charge is 2.37. The molecule has 41 heavy (non-hydrogen) atoms. The van der Waals surface area contributed by atoms with Gasteiger partial charge in [0, 0.05) is 30.3 Å². The van der Waals surface area contributed by atoms with Gasteiger partial charge in [-0.05, 0) is 81.3 Å². The Morgan fingerprint density at radius 2 is 1.76 bits per heavy atom. The summed E-state index contributed by atoms with van der Waals surface area (Å²) in [7, 11) is 0. The van der Waals surface area contributed by atoms with Crippen LogP contribution in [0.3, 0.4) is 0 Å². The van der Waals surface area contributed by atoms with Crippen LogP contribution in [-0.4, -0.2) is 47.7 Å². The molecule has 0 aliphatic heterocycles. The summed E-state index contributed by atoms with van der Waals surface area (Å²) in [5, 5.41) is 27.1. The standard InChI is InChI=1S/C29H34F4N4O4/c1-3-35-27(40)22-8-7-20(15-23(22)30)28(41)11-9-18(10-12-28)24(34)13-17(2)37-25(38)16-36-26(39)19-5-4-6-21(14-19)29(31,32)33/h4-8,14-15,17-18,34,41H,3,9-13,16H2,1-2H3,(H,35,40)(H,36,39)(H,37,38)/t17-,18?,28?/m1/s1. The second kappa shape index (κ2) is 13.2. The van der Waals surface area contributed by atoms with Gasteiger partial charge in [0.2, 0.25) is 5.91 Å². The van der Waals surface area contributed by atoms with Crippen LogP contribution in [0.5, 0.6) is 0 Å². The molecule has 0 spiro atoms. The molecule has 2 aromatic carbocycles. The predicted molar refractivity (Wildman–Crippen MR) is 144 cm³/mol. The van der Waals surface area contributed by atoms with E-state index < -0.39 is 53.5 Å². The van der Waals surface area contributed by atoms with E-state index in [-0.39, 0.29) is 23.5 Å². The fraction of sp³-hybridized carbons (Fsp3) is 0.448. The van der Waals surface area contributed by atoms with Gasteiger partial charge in [0.25, 0.3) is 11.8 Å². The van der Waals surface area contributed by atoms with E-state index in [1.807, 2.05) is 0 Å². The molecular formula is C29H34F4N4O4. The van der Waals surface area contributed by atoms with Gasteiger partial charge in [0.1, 0.15) is 5.82 Å². The quantitative estimate of drug-likeness (QED) is 0.212. The molecule has 3 amide bonds. The van der Waals surface area contributed by atoms with Crippen molar-refractivity contribution in [3.63, 3.8) is 0 Å². The molecule has 0 bridgehead atoms. The van der Waals surface area contributed by atoms with E-state index in [2.05, 4.69) is 16.0 Å². The molecule has 2 aromatic rings. The first-order chi connectivity index (χ1) is 19.2. The summed E-state index contributed by atoms with van der Waals surface area (Å²) >= 11 is 0. The number of carbonyl (C=O) groups is 3. The predicted octanol–water partition coefficient (Wildman–Crippen LogP) is 4.32. The fourth-order valence-corrected chi connectivity index (χ4v) is 4.95. The molecule has 1 saturated carbocycles. The maximum atomic E-state index is 14.5. The number of hydrogen-bond acceptors (Lipinski definition) is 5. The Balaban J connectivity index is 1.46. The monoisotopic (exact) mass is 578 g/mol. The normalized spacial score (nSPS) is 19.6.